The Bertz CT molecular complexity index is 1280. The van der Waals surface area contributed by atoms with E-state index in [1.54, 1.807) is 0 Å². The third-order valence-electron chi connectivity index (χ3n) is 4.82. The number of hydrogen-bond acceptors (Lipinski definition) is 4. The van der Waals surface area contributed by atoms with E-state index in [1.807, 2.05) is 6.07 Å². The van der Waals surface area contributed by atoms with Crippen molar-refractivity contribution in [2.45, 2.75) is 19.6 Å². The molecule has 0 spiro atoms. The SMILES string of the molecule is Sc1c(S)c2c(S)ccc3c4cccc5cccc(c(c1S)c23)c54. The van der Waals surface area contributed by atoms with Crippen molar-refractivity contribution in [1.82, 2.24) is 0 Å². The Balaban J connectivity index is 2.32. The summed E-state index contributed by atoms with van der Waals surface area (Å²) in [6.07, 6.45) is 0. The highest BCUT2D eigenvalue weighted by molar-refractivity contribution is 7.85. The van der Waals surface area contributed by atoms with Crippen LogP contribution in [-0.4, -0.2) is 0 Å². The van der Waals surface area contributed by atoms with Crippen LogP contribution in [0.4, 0.5) is 0 Å². The molecule has 0 amide bonds. The quantitative estimate of drug-likeness (QED) is 0.125. The Labute approximate surface area is 161 Å². The number of thiol groups is 4. The lowest BCUT2D eigenvalue weighted by molar-refractivity contribution is 1.20. The molecule has 24 heavy (non-hydrogen) atoms. The summed E-state index contributed by atoms with van der Waals surface area (Å²) in [7, 11) is 0. The van der Waals surface area contributed by atoms with Gasteiger partial charge in [-0.2, -0.15) is 0 Å². The van der Waals surface area contributed by atoms with Crippen LogP contribution in [0.5, 0.6) is 0 Å². The zero-order chi connectivity index (χ0) is 16.6. The van der Waals surface area contributed by atoms with Crippen LogP contribution in [0, 0.1) is 0 Å². The summed E-state index contributed by atoms with van der Waals surface area (Å²) in [5.74, 6) is 0. The van der Waals surface area contributed by atoms with Crippen LogP contribution in [0.3, 0.4) is 0 Å². The Morgan fingerprint density at radius 2 is 1.08 bits per heavy atom. The number of fused-ring (bicyclic) bond motifs is 2. The molecule has 0 fully saturated rings. The van der Waals surface area contributed by atoms with Gasteiger partial charge in [0.2, 0.25) is 0 Å². The molecule has 0 nitrogen and oxygen atoms in total. The standard InChI is InChI=1S/C20H12S4/c21-13-8-7-11-10-5-1-3-9-4-2-6-12(14(9)10)16-15(11)17(13)19(23)20(24)18(16)22/h1-8,21-24H. The summed E-state index contributed by atoms with van der Waals surface area (Å²) in [5, 5.41) is 9.52. The van der Waals surface area contributed by atoms with E-state index in [9.17, 15) is 0 Å². The van der Waals surface area contributed by atoms with Crippen LogP contribution < -0.4 is 0 Å². The number of hydrogen-bond donors (Lipinski definition) is 4. The molecule has 5 aromatic rings. The van der Waals surface area contributed by atoms with Gasteiger partial charge in [0, 0.05) is 35.7 Å². The fraction of sp³-hybridized carbons (Fsp3) is 0. The molecule has 0 heterocycles. The molecule has 0 saturated heterocycles. The van der Waals surface area contributed by atoms with E-state index in [-0.39, 0.29) is 0 Å². The number of rotatable bonds is 0. The predicted molar refractivity (Wildman–Crippen MR) is 117 cm³/mol. The van der Waals surface area contributed by atoms with Gasteiger partial charge < -0.3 is 0 Å². The summed E-state index contributed by atoms with van der Waals surface area (Å²) < 4.78 is 0. The topological polar surface area (TPSA) is 0 Å². The molecular formula is C20H12S4. The fourth-order valence-corrected chi connectivity index (χ4v) is 5.21. The first-order valence-corrected chi connectivity index (χ1v) is 9.33. The monoisotopic (exact) mass is 380 g/mol. The molecule has 116 valence electrons. The zero-order valence-corrected chi connectivity index (χ0v) is 16.0. The van der Waals surface area contributed by atoms with Crippen LogP contribution in [-0.2, 0) is 0 Å². The largest absolute Gasteiger partial charge is 0.143 e. The van der Waals surface area contributed by atoms with E-state index in [1.165, 1.54) is 32.3 Å². The first kappa shape index (κ1) is 15.1. The van der Waals surface area contributed by atoms with Gasteiger partial charge in [-0.15, -0.1) is 50.5 Å². The van der Waals surface area contributed by atoms with Gasteiger partial charge in [-0.1, -0.05) is 42.5 Å². The fourth-order valence-electron chi connectivity index (χ4n) is 3.82. The van der Waals surface area contributed by atoms with Crippen LogP contribution >= 0.6 is 50.5 Å². The highest BCUT2D eigenvalue weighted by Gasteiger charge is 2.19. The van der Waals surface area contributed by atoms with Gasteiger partial charge in [0.15, 0.2) is 0 Å². The maximum absolute atomic E-state index is 4.80. The minimum atomic E-state index is 0.799. The van der Waals surface area contributed by atoms with E-state index < -0.39 is 0 Å². The van der Waals surface area contributed by atoms with Gasteiger partial charge in [0.05, 0.1) is 0 Å². The second kappa shape index (κ2) is 5.15. The van der Waals surface area contributed by atoms with Crippen LogP contribution in [0.15, 0.2) is 68.1 Å². The lowest BCUT2D eigenvalue weighted by Gasteiger charge is -2.19. The molecule has 0 aliphatic heterocycles. The second-order valence-corrected chi connectivity index (χ2v) is 7.84. The van der Waals surface area contributed by atoms with E-state index in [2.05, 4.69) is 67.7 Å². The summed E-state index contributed by atoms with van der Waals surface area (Å²) in [5.41, 5.74) is 0. The smallest absolute Gasteiger partial charge is 0.0321 e. The minimum absolute atomic E-state index is 0.799. The molecule has 0 aliphatic carbocycles. The highest BCUT2D eigenvalue weighted by Crippen LogP contribution is 2.48. The Morgan fingerprint density at radius 3 is 1.83 bits per heavy atom. The highest BCUT2D eigenvalue weighted by atomic mass is 32.1. The normalized spacial score (nSPS) is 12.2. The molecule has 0 radical (unpaired) electrons. The molecular weight excluding hydrogens is 368 g/mol. The third kappa shape index (κ3) is 1.77. The van der Waals surface area contributed by atoms with Gasteiger partial charge >= 0.3 is 0 Å². The number of benzene rings is 5. The van der Waals surface area contributed by atoms with Gasteiger partial charge in [-0.25, -0.2) is 0 Å². The molecule has 0 unspecified atom stereocenters. The van der Waals surface area contributed by atoms with Gasteiger partial charge in [-0.3, -0.25) is 0 Å². The van der Waals surface area contributed by atoms with Gasteiger partial charge in [0.1, 0.15) is 0 Å². The predicted octanol–water partition coefficient (Wildman–Crippen LogP) is 6.89. The summed E-state index contributed by atoms with van der Waals surface area (Å²) in [6.45, 7) is 0. The average Bonchev–Trinajstić information content (AvgIpc) is 2.59. The van der Waals surface area contributed by atoms with Crippen molar-refractivity contribution in [1.29, 1.82) is 0 Å². The third-order valence-corrected chi connectivity index (χ3v) is 6.89. The molecule has 0 aliphatic rings. The summed E-state index contributed by atoms with van der Waals surface area (Å²) >= 11 is 18.9. The van der Waals surface area contributed by atoms with Crippen LogP contribution in [0.1, 0.15) is 0 Å². The average molecular weight is 381 g/mol. The Hall–Kier alpha value is -1.20. The van der Waals surface area contributed by atoms with E-state index in [4.69, 9.17) is 25.3 Å². The Morgan fingerprint density at radius 1 is 0.458 bits per heavy atom. The molecule has 0 N–H and O–H groups in total. The lowest BCUT2D eigenvalue weighted by atomic mass is 9.90. The molecule has 0 atom stereocenters. The van der Waals surface area contributed by atoms with E-state index >= 15 is 0 Å². The zero-order valence-electron chi connectivity index (χ0n) is 12.4. The first-order valence-electron chi connectivity index (χ1n) is 7.54. The van der Waals surface area contributed by atoms with Crippen molar-refractivity contribution in [2.24, 2.45) is 0 Å². The molecule has 0 aromatic heterocycles. The van der Waals surface area contributed by atoms with Crippen molar-refractivity contribution in [3.63, 3.8) is 0 Å². The molecule has 5 rings (SSSR count). The van der Waals surface area contributed by atoms with Crippen molar-refractivity contribution < 1.29 is 0 Å². The second-order valence-electron chi connectivity index (χ2n) is 6.01. The van der Waals surface area contributed by atoms with Gasteiger partial charge in [-0.05, 0) is 33.0 Å². The maximum Gasteiger partial charge on any atom is 0.0321 e. The van der Waals surface area contributed by atoms with Crippen molar-refractivity contribution in [2.75, 3.05) is 0 Å². The lowest BCUT2D eigenvalue weighted by Crippen LogP contribution is -1.91. The van der Waals surface area contributed by atoms with Crippen molar-refractivity contribution in [3.8, 4) is 0 Å². The van der Waals surface area contributed by atoms with Crippen LogP contribution in [0.25, 0.3) is 43.1 Å². The van der Waals surface area contributed by atoms with E-state index in [0.717, 1.165) is 30.4 Å². The molecule has 5 aromatic carbocycles. The minimum Gasteiger partial charge on any atom is -0.143 e. The molecule has 0 bridgehead atoms. The van der Waals surface area contributed by atoms with Crippen molar-refractivity contribution in [3.05, 3.63) is 48.5 Å². The van der Waals surface area contributed by atoms with Crippen molar-refractivity contribution >= 4 is 93.6 Å². The first-order chi connectivity index (χ1) is 11.6. The molecule has 0 saturated carbocycles. The maximum atomic E-state index is 4.80. The van der Waals surface area contributed by atoms with E-state index in [0.29, 0.717) is 0 Å². The van der Waals surface area contributed by atoms with Crippen LogP contribution in [0.2, 0.25) is 0 Å². The van der Waals surface area contributed by atoms with Gasteiger partial charge in [0.25, 0.3) is 0 Å². The summed E-state index contributed by atoms with van der Waals surface area (Å²) in [4.78, 5) is 3.42. The Kier molecular flexibility index (Phi) is 3.24. The summed E-state index contributed by atoms with van der Waals surface area (Å²) in [6, 6.07) is 17.1. The molecule has 4 heteroatoms.